The predicted molar refractivity (Wildman–Crippen MR) is 179 cm³/mol. The first-order chi connectivity index (χ1) is 22.5. The van der Waals surface area contributed by atoms with Gasteiger partial charge in [0.15, 0.2) is 0 Å². The van der Waals surface area contributed by atoms with Gasteiger partial charge in [-0.15, -0.1) is 0 Å². The van der Waals surface area contributed by atoms with Gasteiger partial charge in [-0.2, -0.15) is 0 Å². The SMILES string of the molecule is COc1ccc(S(=O)(=O)N(CC(=O)N(Cc2ccc(F)cc2)C(Cc2ccccc2)C(=O)NCC(C)C)c2ccccc2OC)cc1. The van der Waals surface area contributed by atoms with Crippen molar-refractivity contribution in [3.8, 4) is 11.5 Å². The number of hydrogen-bond donors (Lipinski definition) is 1. The quantitative estimate of drug-likeness (QED) is 0.182. The molecule has 9 nitrogen and oxygen atoms in total. The van der Waals surface area contributed by atoms with Crippen molar-refractivity contribution in [1.82, 2.24) is 10.2 Å². The molecule has 0 aliphatic carbocycles. The van der Waals surface area contributed by atoms with E-state index in [9.17, 15) is 22.4 Å². The van der Waals surface area contributed by atoms with Crippen molar-refractivity contribution < 1.29 is 31.9 Å². The Bertz CT molecular complexity index is 1730. The van der Waals surface area contributed by atoms with Crippen LogP contribution in [0.2, 0.25) is 0 Å². The number of carbonyl (C=O) groups is 2. The lowest BCUT2D eigenvalue weighted by Gasteiger charge is -2.34. The number of hydrogen-bond acceptors (Lipinski definition) is 6. The Kier molecular flexibility index (Phi) is 12.0. The molecule has 2 amide bonds. The largest absolute Gasteiger partial charge is 0.497 e. The predicted octanol–water partition coefficient (Wildman–Crippen LogP) is 5.45. The van der Waals surface area contributed by atoms with Crippen molar-refractivity contribution in [3.05, 3.63) is 120 Å². The first-order valence-electron chi connectivity index (χ1n) is 15.2. The summed E-state index contributed by atoms with van der Waals surface area (Å²) in [7, 11) is -1.46. The van der Waals surface area contributed by atoms with Gasteiger partial charge in [-0.3, -0.25) is 13.9 Å². The second-order valence-corrected chi connectivity index (χ2v) is 13.2. The molecule has 47 heavy (non-hydrogen) atoms. The lowest BCUT2D eigenvalue weighted by molar-refractivity contribution is -0.140. The summed E-state index contributed by atoms with van der Waals surface area (Å²) >= 11 is 0. The summed E-state index contributed by atoms with van der Waals surface area (Å²) in [6.07, 6.45) is 0.164. The lowest BCUT2D eigenvalue weighted by atomic mass is 10.0. The maximum atomic E-state index is 14.6. The molecule has 1 N–H and O–H groups in total. The van der Waals surface area contributed by atoms with Crippen LogP contribution in [0.25, 0.3) is 0 Å². The standard InChI is InChI=1S/C36H40FN3O6S/c1-26(2)23-38-36(42)33(22-27-10-6-5-7-11-27)39(24-28-14-16-29(37)17-15-28)35(41)25-40(32-12-8-9-13-34(32)46-4)47(43,44)31-20-18-30(45-3)19-21-31/h5-21,26,33H,22-25H2,1-4H3,(H,38,42). The van der Waals surface area contributed by atoms with Crippen LogP contribution in [0, 0.1) is 11.7 Å². The van der Waals surface area contributed by atoms with Crippen molar-refractivity contribution in [2.24, 2.45) is 5.92 Å². The fraction of sp³-hybridized carbons (Fsp3) is 0.278. The van der Waals surface area contributed by atoms with Gasteiger partial charge in [0.1, 0.15) is 29.9 Å². The third kappa shape index (κ3) is 9.10. The average Bonchev–Trinajstić information content (AvgIpc) is 3.08. The van der Waals surface area contributed by atoms with E-state index in [2.05, 4.69) is 5.32 Å². The highest BCUT2D eigenvalue weighted by atomic mass is 32.2. The monoisotopic (exact) mass is 661 g/mol. The van der Waals surface area contributed by atoms with E-state index in [0.29, 0.717) is 17.9 Å². The number of benzene rings is 4. The molecule has 0 saturated heterocycles. The molecule has 0 fully saturated rings. The molecule has 1 unspecified atom stereocenters. The van der Waals surface area contributed by atoms with Gasteiger partial charge in [-0.1, -0.05) is 68.4 Å². The molecule has 0 bridgehead atoms. The Labute approximate surface area is 276 Å². The molecule has 0 aromatic heterocycles. The number of anilines is 1. The Morgan fingerprint density at radius 3 is 2.06 bits per heavy atom. The topological polar surface area (TPSA) is 105 Å². The molecule has 4 rings (SSSR count). The summed E-state index contributed by atoms with van der Waals surface area (Å²) < 4.78 is 54.1. The molecular weight excluding hydrogens is 621 g/mol. The van der Waals surface area contributed by atoms with Crippen LogP contribution in [-0.2, 0) is 32.6 Å². The van der Waals surface area contributed by atoms with E-state index >= 15 is 0 Å². The molecule has 0 spiro atoms. The van der Waals surface area contributed by atoms with Crippen LogP contribution >= 0.6 is 0 Å². The van der Waals surface area contributed by atoms with Crippen molar-refractivity contribution in [1.29, 1.82) is 0 Å². The molecule has 1 atom stereocenters. The summed E-state index contributed by atoms with van der Waals surface area (Å²) in [4.78, 5) is 29.7. The first-order valence-corrected chi connectivity index (χ1v) is 16.6. The Morgan fingerprint density at radius 1 is 0.809 bits per heavy atom. The third-order valence-corrected chi connectivity index (χ3v) is 9.28. The van der Waals surface area contributed by atoms with E-state index in [4.69, 9.17) is 9.47 Å². The summed E-state index contributed by atoms with van der Waals surface area (Å²) in [6.45, 7) is 3.57. The second kappa shape index (κ2) is 16.1. The van der Waals surface area contributed by atoms with Crippen LogP contribution in [0.15, 0.2) is 108 Å². The fourth-order valence-electron chi connectivity index (χ4n) is 4.99. The third-order valence-electron chi connectivity index (χ3n) is 7.50. The minimum absolute atomic E-state index is 0.0717. The Balaban J connectivity index is 1.82. The van der Waals surface area contributed by atoms with Crippen molar-refractivity contribution >= 4 is 27.5 Å². The fourth-order valence-corrected chi connectivity index (χ4v) is 6.41. The van der Waals surface area contributed by atoms with Gasteiger partial charge in [0, 0.05) is 19.5 Å². The number of nitrogens with zero attached hydrogens (tertiary/aromatic N) is 2. The minimum Gasteiger partial charge on any atom is -0.497 e. The molecule has 248 valence electrons. The molecule has 0 aliphatic rings. The number of sulfonamides is 1. The van der Waals surface area contributed by atoms with Crippen molar-refractivity contribution in [3.63, 3.8) is 0 Å². The lowest BCUT2D eigenvalue weighted by Crippen LogP contribution is -2.53. The number of ether oxygens (including phenoxy) is 2. The van der Waals surface area contributed by atoms with Crippen LogP contribution in [0.1, 0.15) is 25.0 Å². The molecule has 0 saturated carbocycles. The van der Waals surface area contributed by atoms with Gasteiger partial charge in [0.05, 0.1) is 24.8 Å². The van der Waals surface area contributed by atoms with Gasteiger partial charge in [-0.05, 0) is 65.6 Å². The molecule has 0 aliphatic heterocycles. The highest BCUT2D eigenvalue weighted by Gasteiger charge is 2.35. The van der Waals surface area contributed by atoms with E-state index in [1.165, 1.54) is 67.7 Å². The average molecular weight is 662 g/mol. The van der Waals surface area contributed by atoms with E-state index in [0.717, 1.165) is 9.87 Å². The van der Waals surface area contributed by atoms with Crippen LogP contribution in [-0.4, -0.2) is 58.5 Å². The molecule has 0 heterocycles. The molecule has 0 radical (unpaired) electrons. The zero-order valence-electron chi connectivity index (χ0n) is 26.9. The van der Waals surface area contributed by atoms with Gasteiger partial charge in [0.2, 0.25) is 11.8 Å². The molecule has 4 aromatic carbocycles. The normalized spacial score (nSPS) is 11.9. The van der Waals surface area contributed by atoms with E-state index < -0.39 is 34.3 Å². The van der Waals surface area contributed by atoms with Gasteiger partial charge >= 0.3 is 0 Å². The Hall–Kier alpha value is -4.90. The molecule has 11 heteroatoms. The van der Waals surface area contributed by atoms with Crippen molar-refractivity contribution in [2.45, 2.75) is 37.8 Å². The van der Waals surface area contributed by atoms with E-state index in [1.54, 1.807) is 24.3 Å². The highest BCUT2D eigenvalue weighted by molar-refractivity contribution is 7.92. The van der Waals surface area contributed by atoms with Gasteiger partial charge in [-0.25, -0.2) is 12.8 Å². The maximum Gasteiger partial charge on any atom is 0.264 e. The van der Waals surface area contributed by atoms with E-state index in [-0.39, 0.29) is 41.1 Å². The Morgan fingerprint density at radius 2 is 1.45 bits per heavy atom. The van der Waals surface area contributed by atoms with Crippen LogP contribution in [0.4, 0.5) is 10.1 Å². The number of nitrogens with one attached hydrogen (secondary N) is 1. The van der Waals surface area contributed by atoms with Gasteiger partial charge in [0.25, 0.3) is 10.0 Å². The maximum absolute atomic E-state index is 14.6. The minimum atomic E-state index is -4.34. The number of methoxy groups -OCH3 is 2. The molecule has 4 aromatic rings. The second-order valence-electron chi connectivity index (χ2n) is 11.4. The first kappa shape index (κ1) is 35.0. The zero-order valence-corrected chi connectivity index (χ0v) is 27.7. The number of halogens is 1. The van der Waals surface area contributed by atoms with E-state index in [1.807, 2.05) is 44.2 Å². The summed E-state index contributed by atoms with van der Waals surface area (Å²) in [6, 6.07) is 26.2. The summed E-state index contributed by atoms with van der Waals surface area (Å²) in [5.74, 6) is -0.635. The van der Waals surface area contributed by atoms with Crippen LogP contribution < -0.4 is 19.1 Å². The van der Waals surface area contributed by atoms with Gasteiger partial charge < -0.3 is 19.7 Å². The number of rotatable bonds is 15. The van der Waals surface area contributed by atoms with Crippen LogP contribution in [0.3, 0.4) is 0 Å². The van der Waals surface area contributed by atoms with Crippen LogP contribution in [0.5, 0.6) is 11.5 Å². The van der Waals surface area contributed by atoms with Crippen molar-refractivity contribution in [2.75, 3.05) is 31.6 Å². The summed E-state index contributed by atoms with van der Waals surface area (Å²) in [5.41, 5.74) is 1.52. The number of para-hydroxylation sites is 2. The number of amides is 2. The zero-order chi connectivity index (χ0) is 34.0. The smallest absolute Gasteiger partial charge is 0.264 e. The molecular formula is C36H40FN3O6S. The summed E-state index contributed by atoms with van der Waals surface area (Å²) in [5, 5.41) is 2.95. The highest BCUT2D eigenvalue weighted by Crippen LogP contribution is 2.33. The number of carbonyl (C=O) groups excluding carboxylic acids is 2.